The Hall–Kier alpha value is -0.610. The average molecular weight is 243 g/mol. The fourth-order valence-corrected chi connectivity index (χ4v) is 3.03. The molecule has 1 nitrogen and oxygen atoms in total. The molecule has 1 unspecified atom stereocenters. The Bertz CT molecular complexity index is 351. The Kier molecular flexibility index (Phi) is 4.18. The minimum Gasteiger partial charge on any atom is -0.313 e. The van der Waals surface area contributed by atoms with Crippen LogP contribution in [0.5, 0.6) is 0 Å². The maximum Gasteiger partial charge on any atom is 0.162 e. The van der Waals surface area contributed by atoms with Crippen molar-refractivity contribution in [2.24, 2.45) is 0 Å². The quantitative estimate of drug-likeness (QED) is 0.872. The minimum atomic E-state index is -0.756. The van der Waals surface area contributed by atoms with E-state index in [-0.39, 0.29) is 0 Å². The lowest BCUT2D eigenvalue weighted by Gasteiger charge is -2.11. The highest BCUT2D eigenvalue weighted by Gasteiger charge is 2.14. The Morgan fingerprint density at radius 2 is 2.25 bits per heavy atom. The monoisotopic (exact) mass is 243 g/mol. The molecule has 88 valence electrons. The molecule has 1 aliphatic rings. The Labute approximate surface area is 98.6 Å². The van der Waals surface area contributed by atoms with Gasteiger partial charge in [-0.25, -0.2) is 8.78 Å². The lowest BCUT2D eigenvalue weighted by Crippen LogP contribution is -2.30. The van der Waals surface area contributed by atoms with Crippen molar-refractivity contribution in [1.29, 1.82) is 0 Å². The van der Waals surface area contributed by atoms with Gasteiger partial charge in [-0.1, -0.05) is 12.1 Å². The van der Waals surface area contributed by atoms with E-state index in [9.17, 15) is 8.78 Å². The second kappa shape index (κ2) is 5.64. The number of nitrogens with one attached hydrogen (secondary N) is 1. The predicted octanol–water partition coefficient (Wildman–Crippen LogP) is 2.60. The predicted molar refractivity (Wildman–Crippen MR) is 63.8 cm³/mol. The molecule has 0 aromatic heterocycles. The third-order valence-electron chi connectivity index (χ3n) is 2.79. The summed E-state index contributed by atoms with van der Waals surface area (Å²) in [7, 11) is 0. The van der Waals surface area contributed by atoms with E-state index in [0.29, 0.717) is 24.6 Å². The van der Waals surface area contributed by atoms with Gasteiger partial charge < -0.3 is 5.32 Å². The van der Waals surface area contributed by atoms with Crippen LogP contribution in [0, 0.1) is 11.6 Å². The van der Waals surface area contributed by atoms with E-state index in [4.69, 9.17) is 0 Å². The highest BCUT2D eigenvalue weighted by Crippen LogP contribution is 2.17. The van der Waals surface area contributed by atoms with Gasteiger partial charge in [-0.05, 0) is 36.8 Å². The Balaban J connectivity index is 1.82. The van der Waals surface area contributed by atoms with Gasteiger partial charge in [0.1, 0.15) is 0 Å². The van der Waals surface area contributed by atoms with Crippen LogP contribution in [0.25, 0.3) is 0 Å². The van der Waals surface area contributed by atoms with Gasteiger partial charge in [-0.15, -0.1) is 0 Å². The van der Waals surface area contributed by atoms with Crippen molar-refractivity contribution in [2.45, 2.75) is 18.9 Å². The third kappa shape index (κ3) is 2.95. The highest BCUT2D eigenvalue weighted by atomic mass is 32.2. The van der Waals surface area contributed by atoms with Crippen LogP contribution in [0.2, 0.25) is 0 Å². The second-order valence-corrected chi connectivity index (χ2v) is 5.13. The molecule has 16 heavy (non-hydrogen) atoms. The molecule has 1 saturated heterocycles. The molecule has 1 aromatic carbocycles. The van der Waals surface area contributed by atoms with Crippen LogP contribution in [0.4, 0.5) is 8.78 Å². The average Bonchev–Trinajstić information content (AvgIpc) is 2.77. The van der Waals surface area contributed by atoms with Crippen molar-refractivity contribution in [1.82, 2.24) is 5.32 Å². The first-order valence-corrected chi connectivity index (χ1v) is 6.67. The van der Waals surface area contributed by atoms with Crippen LogP contribution in [0.15, 0.2) is 18.2 Å². The zero-order chi connectivity index (χ0) is 11.4. The van der Waals surface area contributed by atoms with Gasteiger partial charge in [0.05, 0.1) is 0 Å². The normalized spacial score (nSPS) is 20.2. The SMILES string of the molecule is Fc1cccc(CCNC2CCSC2)c1F. The van der Waals surface area contributed by atoms with Gasteiger partial charge in [0.15, 0.2) is 11.6 Å². The number of rotatable bonds is 4. The number of hydrogen-bond donors (Lipinski definition) is 1. The fraction of sp³-hybridized carbons (Fsp3) is 0.500. The maximum atomic E-state index is 13.3. The zero-order valence-corrected chi connectivity index (χ0v) is 9.83. The van der Waals surface area contributed by atoms with Crippen LogP contribution in [0.3, 0.4) is 0 Å². The summed E-state index contributed by atoms with van der Waals surface area (Å²) in [4.78, 5) is 0. The van der Waals surface area contributed by atoms with Crippen LogP contribution >= 0.6 is 11.8 Å². The molecule has 1 heterocycles. The standard InChI is InChI=1S/C12H15F2NS/c13-11-3-1-2-9(12(11)14)4-6-15-10-5-7-16-8-10/h1-3,10,15H,4-8H2. The fourth-order valence-electron chi connectivity index (χ4n) is 1.85. The van der Waals surface area contributed by atoms with E-state index in [0.717, 1.165) is 11.8 Å². The molecule has 0 radical (unpaired) electrons. The maximum absolute atomic E-state index is 13.3. The largest absolute Gasteiger partial charge is 0.313 e. The molecule has 1 aliphatic heterocycles. The Morgan fingerprint density at radius 3 is 3.00 bits per heavy atom. The number of thioether (sulfide) groups is 1. The summed E-state index contributed by atoms with van der Waals surface area (Å²) in [6.07, 6.45) is 1.72. The first-order valence-electron chi connectivity index (χ1n) is 5.51. The van der Waals surface area contributed by atoms with Gasteiger partial charge >= 0.3 is 0 Å². The van der Waals surface area contributed by atoms with E-state index in [1.54, 1.807) is 12.1 Å². The van der Waals surface area contributed by atoms with Crippen LogP contribution in [-0.4, -0.2) is 24.1 Å². The molecule has 0 bridgehead atoms. The lowest BCUT2D eigenvalue weighted by molar-refractivity contribution is 0.492. The first kappa shape index (κ1) is 11.9. The molecule has 0 aliphatic carbocycles. The van der Waals surface area contributed by atoms with E-state index in [2.05, 4.69) is 5.32 Å². The highest BCUT2D eigenvalue weighted by molar-refractivity contribution is 7.99. The zero-order valence-electron chi connectivity index (χ0n) is 9.01. The summed E-state index contributed by atoms with van der Waals surface area (Å²) in [6.45, 7) is 0.714. The molecule has 1 atom stereocenters. The number of hydrogen-bond acceptors (Lipinski definition) is 2. The van der Waals surface area contributed by atoms with Crippen LogP contribution in [-0.2, 0) is 6.42 Å². The minimum absolute atomic E-state index is 0.457. The second-order valence-electron chi connectivity index (χ2n) is 3.98. The molecule has 1 fully saturated rings. The Morgan fingerprint density at radius 1 is 1.38 bits per heavy atom. The topological polar surface area (TPSA) is 12.0 Å². The van der Waals surface area contributed by atoms with Gasteiger partial charge in [0.25, 0.3) is 0 Å². The lowest BCUT2D eigenvalue weighted by atomic mass is 10.1. The van der Waals surface area contributed by atoms with Crippen molar-refractivity contribution in [3.8, 4) is 0 Å². The van der Waals surface area contributed by atoms with E-state index in [1.165, 1.54) is 12.2 Å². The summed E-state index contributed by atoms with van der Waals surface area (Å²) in [6, 6.07) is 4.89. The summed E-state index contributed by atoms with van der Waals surface area (Å²) in [5, 5.41) is 3.37. The summed E-state index contributed by atoms with van der Waals surface area (Å²) >= 11 is 1.94. The van der Waals surface area contributed by atoms with Crippen molar-refractivity contribution in [3.05, 3.63) is 35.4 Å². The van der Waals surface area contributed by atoms with E-state index < -0.39 is 11.6 Å². The third-order valence-corrected chi connectivity index (χ3v) is 3.95. The molecule has 1 aromatic rings. The van der Waals surface area contributed by atoms with E-state index >= 15 is 0 Å². The van der Waals surface area contributed by atoms with Crippen molar-refractivity contribution < 1.29 is 8.78 Å². The van der Waals surface area contributed by atoms with Crippen molar-refractivity contribution in [2.75, 3.05) is 18.1 Å². The molecule has 2 rings (SSSR count). The van der Waals surface area contributed by atoms with Gasteiger partial charge in [0.2, 0.25) is 0 Å². The van der Waals surface area contributed by atoms with Crippen molar-refractivity contribution in [3.63, 3.8) is 0 Å². The molecule has 0 spiro atoms. The summed E-state index contributed by atoms with van der Waals surface area (Å²) in [5.74, 6) is 0.872. The van der Waals surface area contributed by atoms with Gasteiger partial charge in [-0.3, -0.25) is 0 Å². The summed E-state index contributed by atoms with van der Waals surface area (Å²) < 4.78 is 26.2. The first-order chi connectivity index (χ1) is 7.77. The molecular formula is C12H15F2NS. The number of benzene rings is 1. The number of halogens is 2. The van der Waals surface area contributed by atoms with Crippen LogP contribution < -0.4 is 5.32 Å². The van der Waals surface area contributed by atoms with Crippen molar-refractivity contribution >= 4 is 11.8 Å². The van der Waals surface area contributed by atoms with E-state index in [1.807, 2.05) is 11.8 Å². The van der Waals surface area contributed by atoms with Crippen LogP contribution in [0.1, 0.15) is 12.0 Å². The molecule has 4 heteroatoms. The molecule has 1 N–H and O–H groups in total. The molecule has 0 amide bonds. The van der Waals surface area contributed by atoms with Gasteiger partial charge in [0, 0.05) is 11.8 Å². The smallest absolute Gasteiger partial charge is 0.162 e. The van der Waals surface area contributed by atoms with Gasteiger partial charge in [-0.2, -0.15) is 11.8 Å². The summed E-state index contributed by atoms with van der Waals surface area (Å²) in [5.41, 5.74) is 0.457. The molecule has 0 saturated carbocycles. The molecular weight excluding hydrogens is 228 g/mol.